The lowest BCUT2D eigenvalue weighted by molar-refractivity contribution is 0.102. The summed E-state index contributed by atoms with van der Waals surface area (Å²) in [6.07, 6.45) is 0. The van der Waals surface area contributed by atoms with Gasteiger partial charge in [0.2, 0.25) is 0 Å². The van der Waals surface area contributed by atoms with Gasteiger partial charge in [-0.1, -0.05) is 12.1 Å². The standard InChI is InChI=1S/C18H15BrN2O2S/c1-11-20-17(10-24-11)12-4-3-5-13(8-12)21-18(22)15-9-14(23-2)6-7-16(15)19/h3-10H,1-2H3,(H,21,22). The molecule has 0 saturated carbocycles. The average Bonchev–Trinajstić information content (AvgIpc) is 3.02. The molecule has 0 fully saturated rings. The largest absolute Gasteiger partial charge is 0.497 e. The van der Waals surface area contributed by atoms with Crippen molar-refractivity contribution in [1.82, 2.24) is 4.98 Å². The summed E-state index contributed by atoms with van der Waals surface area (Å²) in [6.45, 7) is 1.97. The molecule has 0 radical (unpaired) electrons. The van der Waals surface area contributed by atoms with Crippen molar-refractivity contribution in [2.45, 2.75) is 6.92 Å². The number of amides is 1. The topological polar surface area (TPSA) is 51.2 Å². The third-order valence-corrected chi connectivity index (χ3v) is 4.92. The molecule has 1 heterocycles. The molecule has 0 aliphatic heterocycles. The van der Waals surface area contributed by atoms with E-state index in [0.717, 1.165) is 22.0 Å². The molecule has 1 amide bonds. The molecule has 1 N–H and O–H groups in total. The van der Waals surface area contributed by atoms with Crippen LogP contribution >= 0.6 is 27.3 Å². The number of hydrogen-bond donors (Lipinski definition) is 1. The van der Waals surface area contributed by atoms with Crippen LogP contribution in [0.1, 0.15) is 15.4 Å². The Kier molecular flexibility index (Phi) is 4.97. The van der Waals surface area contributed by atoms with Crippen molar-refractivity contribution >= 4 is 38.9 Å². The second kappa shape index (κ2) is 7.15. The van der Waals surface area contributed by atoms with Crippen LogP contribution in [0.3, 0.4) is 0 Å². The van der Waals surface area contributed by atoms with Gasteiger partial charge < -0.3 is 10.1 Å². The zero-order valence-electron chi connectivity index (χ0n) is 13.2. The molecular formula is C18H15BrN2O2S. The van der Waals surface area contributed by atoms with E-state index in [4.69, 9.17) is 4.74 Å². The second-order valence-electron chi connectivity index (χ2n) is 5.13. The molecule has 0 unspecified atom stereocenters. The quantitative estimate of drug-likeness (QED) is 0.656. The summed E-state index contributed by atoms with van der Waals surface area (Å²) >= 11 is 5.01. The number of thiazole rings is 1. The Balaban J connectivity index is 1.85. The maximum absolute atomic E-state index is 12.5. The summed E-state index contributed by atoms with van der Waals surface area (Å²) in [5.41, 5.74) is 3.13. The molecule has 0 aliphatic carbocycles. The monoisotopic (exact) mass is 402 g/mol. The second-order valence-corrected chi connectivity index (χ2v) is 7.05. The number of nitrogens with one attached hydrogen (secondary N) is 1. The molecule has 24 heavy (non-hydrogen) atoms. The van der Waals surface area contributed by atoms with Crippen LogP contribution in [0.4, 0.5) is 5.69 Å². The number of benzene rings is 2. The highest BCUT2D eigenvalue weighted by Gasteiger charge is 2.12. The summed E-state index contributed by atoms with van der Waals surface area (Å²) in [4.78, 5) is 17.0. The van der Waals surface area contributed by atoms with Gasteiger partial charge in [-0.15, -0.1) is 11.3 Å². The maximum atomic E-state index is 12.5. The summed E-state index contributed by atoms with van der Waals surface area (Å²) in [6, 6.07) is 12.9. The molecule has 0 atom stereocenters. The summed E-state index contributed by atoms with van der Waals surface area (Å²) in [5, 5.41) is 5.94. The zero-order valence-corrected chi connectivity index (χ0v) is 15.6. The number of hydrogen-bond acceptors (Lipinski definition) is 4. The molecule has 3 rings (SSSR count). The van der Waals surface area contributed by atoms with E-state index < -0.39 is 0 Å². The van der Waals surface area contributed by atoms with Crippen LogP contribution in [0.2, 0.25) is 0 Å². The van der Waals surface area contributed by atoms with Crippen LogP contribution in [-0.4, -0.2) is 18.0 Å². The van der Waals surface area contributed by atoms with Crippen molar-refractivity contribution in [2.24, 2.45) is 0 Å². The molecule has 0 bridgehead atoms. The zero-order chi connectivity index (χ0) is 17.1. The van der Waals surface area contributed by atoms with Crippen molar-refractivity contribution in [1.29, 1.82) is 0 Å². The summed E-state index contributed by atoms with van der Waals surface area (Å²) < 4.78 is 5.90. The number of aromatic nitrogens is 1. The Morgan fingerprint density at radius 1 is 1.25 bits per heavy atom. The summed E-state index contributed by atoms with van der Waals surface area (Å²) in [7, 11) is 1.57. The first-order chi connectivity index (χ1) is 11.6. The molecule has 3 aromatic rings. The number of anilines is 1. The van der Waals surface area contributed by atoms with Gasteiger partial charge in [-0.05, 0) is 53.2 Å². The fourth-order valence-corrected chi connectivity index (χ4v) is 3.30. The molecule has 2 aromatic carbocycles. The maximum Gasteiger partial charge on any atom is 0.256 e. The van der Waals surface area contributed by atoms with Crippen molar-refractivity contribution < 1.29 is 9.53 Å². The predicted molar refractivity (Wildman–Crippen MR) is 101 cm³/mol. The first-order valence-corrected chi connectivity index (χ1v) is 8.91. The van der Waals surface area contributed by atoms with Crippen molar-refractivity contribution in [3.8, 4) is 17.0 Å². The van der Waals surface area contributed by atoms with Gasteiger partial charge in [0.15, 0.2) is 0 Å². The number of rotatable bonds is 4. The highest BCUT2D eigenvalue weighted by atomic mass is 79.9. The number of carbonyl (C=O) groups is 1. The predicted octanol–water partition coefficient (Wildman–Crippen LogP) is 5.14. The average molecular weight is 403 g/mol. The van der Waals surface area contributed by atoms with E-state index in [1.54, 1.807) is 36.6 Å². The molecule has 4 nitrogen and oxygen atoms in total. The van der Waals surface area contributed by atoms with E-state index in [1.807, 2.05) is 36.6 Å². The number of carbonyl (C=O) groups excluding carboxylic acids is 1. The highest BCUT2D eigenvalue weighted by Crippen LogP contribution is 2.26. The summed E-state index contributed by atoms with van der Waals surface area (Å²) in [5.74, 6) is 0.433. The van der Waals surface area contributed by atoms with Gasteiger partial charge in [0.25, 0.3) is 5.91 Å². The number of aryl methyl sites for hydroxylation is 1. The Morgan fingerprint density at radius 3 is 2.79 bits per heavy atom. The van der Waals surface area contributed by atoms with Gasteiger partial charge in [0.1, 0.15) is 5.75 Å². The van der Waals surface area contributed by atoms with Gasteiger partial charge in [0, 0.05) is 21.1 Å². The van der Waals surface area contributed by atoms with E-state index in [-0.39, 0.29) is 5.91 Å². The number of methoxy groups -OCH3 is 1. The Hall–Kier alpha value is -2.18. The Morgan fingerprint density at radius 2 is 2.08 bits per heavy atom. The number of halogens is 1. The van der Waals surface area contributed by atoms with E-state index in [0.29, 0.717) is 15.8 Å². The lowest BCUT2D eigenvalue weighted by Crippen LogP contribution is -2.12. The van der Waals surface area contributed by atoms with Crippen molar-refractivity contribution in [3.63, 3.8) is 0 Å². The van der Waals surface area contributed by atoms with Crippen LogP contribution in [-0.2, 0) is 0 Å². The Bertz CT molecular complexity index is 892. The first-order valence-electron chi connectivity index (χ1n) is 7.24. The van der Waals surface area contributed by atoms with Gasteiger partial charge in [0.05, 0.1) is 23.4 Å². The normalized spacial score (nSPS) is 10.5. The van der Waals surface area contributed by atoms with Gasteiger partial charge in [-0.25, -0.2) is 4.98 Å². The van der Waals surface area contributed by atoms with Gasteiger partial charge in [-0.3, -0.25) is 4.79 Å². The van der Waals surface area contributed by atoms with Gasteiger partial charge in [-0.2, -0.15) is 0 Å². The first kappa shape index (κ1) is 16.7. The van der Waals surface area contributed by atoms with Crippen LogP contribution in [0.5, 0.6) is 5.75 Å². The van der Waals surface area contributed by atoms with Crippen LogP contribution < -0.4 is 10.1 Å². The number of ether oxygens (including phenoxy) is 1. The van der Waals surface area contributed by atoms with Gasteiger partial charge >= 0.3 is 0 Å². The fraction of sp³-hybridized carbons (Fsp3) is 0.111. The Labute approximate surface area is 152 Å². The molecule has 1 aromatic heterocycles. The highest BCUT2D eigenvalue weighted by molar-refractivity contribution is 9.10. The molecular weight excluding hydrogens is 388 g/mol. The minimum atomic E-state index is -0.201. The molecule has 122 valence electrons. The van der Waals surface area contributed by atoms with Crippen molar-refractivity contribution in [3.05, 3.63) is 62.9 Å². The van der Waals surface area contributed by atoms with Crippen LogP contribution in [0.25, 0.3) is 11.3 Å². The molecule has 0 spiro atoms. The fourth-order valence-electron chi connectivity index (χ4n) is 2.26. The third kappa shape index (κ3) is 3.66. The molecule has 6 heteroatoms. The third-order valence-electron chi connectivity index (χ3n) is 3.45. The van der Waals surface area contributed by atoms with Crippen LogP contribution in [0.15, 0.2) is 52.3 Å². The molecule has 0 saturated heterocycles. The van der Waals surface area contributed by atoms with Crippen LogP contribution in [0, 0.1) is 6.92 Å². The minimum Gasteiger partial charge on any atom is -0.497 e. The van der Waals surface area contributed by atoms with E-state index in [1.165, 1.54) is 0 Å². The smallest absolute Gasteiger partial charge is 0.256 e. The lowest BCUT2D eigenvalue weighted by atomic mass is 10.1. The minimum absolute atomic E-state index is 0.201. The van der Waals surface area contributed by atoms with E-state index in [2.05, 4.69) is 26.2 Å². The van der Waals surface area contributed by atoms with Crippen molar-refractivity contribution in [2.75, 3.05) is 12.4 Å². The number of nitrogens with zero attached hydrogens (tertiary/aromatic N) is 1. The van der Waals surface area contributed by atoms with E-state index in [9.17, 15) is 4.79 Å². The van der Waals surface area contributed by atoms with E-state index >= 15 is 0 Å². The lowest BCUT2D eigenvalue weighted by Gasteiger charge is -2.09. The molecule has 0 aliphatic rings. The SMILES string of the molecule is COc1ccc(Br)c(C(=O)Nc2cccc(-c3csc(C)n3)c2)c1.